The van der Waals surface area contributed by atoms with Gasteiger partial charge in [-0.2, -0.15) is 5.10 Å². The second-order valence-electron chi connectivity index (χ2n) is 4.18. The molecule has 1 unspecified atom stereocenters. The molecule has 1 heterocycles. The zero-order valence-electron chi connectivity index (χ0n) is 10.1. The van der Waals surface area contributed by atoms with Gasteiger partial charge >= 0.3 is 0 Å². The highest BCUT2D eigenvalue weighted by atomic mass is 16.3. The smallest absolute Gasteiger partial charge is 0.120 e. The van der Waals surface area contributed by atoms with Gasteiger partial charge in [0.2, 0.25) is 0 Å². The Bertz CT molecular complexity index is 493. The molecule has 0 aliphatic carbocycles. The monoisotopic (exact) mass is 231 g/mol. The number of aromatic hydroxyl groups is 1. The molecule has 0 aliphatic rings. The summed E-state index contributed by atoms with van der Waals surface area (Å²) in [4.78, 5) is 0. The predicted octanol–water partition coefficient (Wildman–Crippen LogP) is 2.27. The van der Waals surface area contributed by atoms with Gasteiger partial charge in [0.1, 0.15) is 5.75 Å². The van der Waals surface area contributed by atoms with E-state index >= 15 is 0 Å². The van der Waals surface area contributed by atoms with E-state index in [2.05, 4.69) is 15.5 Å². The first-order valence-corrected chi connectivity index (χ1v) is 5.68. The molecule has 4 heteroatoms. The molecule has 0 bridgehead atoms. The normalized spacial score (nSPS) is 12.6. The first-order chi connectivity index (χ1) is 8.18. The van der Waals surface area contributed by atoms with Crippen molar-refractivity contribution in [3.63, 3.8) is 0 Å². The number of H-pyrrole nitrogens is 1. The number of hydrogen-bond donors (Lipinski definition) is 3. The minimum atomic E-state index is 0.102. The molecule has 2 rings (SSSR count). The van der Waals surface area contributed by atoms with E-state index in [1.165, 1.54) is 0 Å². The van der Waals surface area contributed by atoms with Gasteiger partial charge in [-0.25, -0.2) is 0 Å². The molecular formula is C13H17N3O. The lowest BCUT2D eigenvalue weighted by atomic mass is 10.1. The van der Waals surface area contributed by atoms with Gasteiger partial charge < -0.3 is 10.4 Å². The molecular weight excluding hydrogens is 214 g/mol. The third kappa shape index (κ3) is 2.65. The SMILES string of the molecule is Cc1[nH]ncc1CNC(C)c1ccccc1O. The maximum absolute atomic E-state index is 9.73. The van der Waals surface area contributed by atoms with Crippen molar-refractivity contribution >= 4 is 0 Å². The summed E-state index contributed by atoms with van der Waals surface area (Å²) >= 11 is 0. The number of phenols is 1. The van der Waals surface area contributed by atoms with Crippen LogP contribution >= 0.6 is 0 Å². The summed E-state index contributed by atoms with van der Waals surface area (Å²) in [5, 5.41) is 20.0. The van der Waals surface area contributed by atoms with Gasteiger partial charge in [-0.1, -0.05) is 18.2 Å². The van der Waals surface area contributed by atoms with Crippen LogP contribution in [0.25, 0.3) is 0 Å². The summed E-state index contributed by atoms with van der Waals surface area (Å²) in [5.41, 5.74) is 3.13. The molecule has 1 aromatic heterocycles. The average molecular weight is 231 g/mol. The number of benzene rings is 1. The fourth-order valence-electron chi connectivity index (χ4n) is 1.78. The van der Waals surface area contributed by atoms with Crippen molar-refractivity contribution < 1.29 is 5.11 Å². The highest BCUT2D eigenvalue weighted by Gasteiger charge is 2.09. The fraction of sp³-hybridized carbons (Fsp3) is 0.308. The molecule has 0 saturated heterocycles. The van der Waals surface area contributed by atoms with Gasteiger partial charge in [0.25, 0.3) is 0 Å². The van der Waals surface area contributed by atoms with Crippen molar-refractivity contribution in [1.82, 2.24) is 15.5 Å². The van der Waals surface area contributed by atoms with Crippen molar-refractivity contribution in [1.29, 1.82) is 0 Å². The Hall–Kier alpha value is -1.81. The maximum Gasteiger partial charge on any atom is 0.120 e. The Labute approximate surface area is 101 Å². The van der Waals surface area contributed by atoms with Crippen LogP contribution < -0.4 is 5.32 Å². The van der Waals surface area contributed by atoms with Gasteiger partial charge in [0.05, 0.1) is 6.20 Å². The van der Waals surface area contributed by atoms with E-state index in [0.717, 1.165) is 23.4 Å². The average Bonchev–Trinajstić information content (AvgIpc) is 2.72. The van der Waals surface area contributed by atoms with Crippen LogP contribution in [0.5, 0.6) is 5.75 Å². The molecule has 0 spiro atoms. The number of hydrogen-bond acceptors (Lipinski definition) is 3. The molecule has 0 aliphatic heterocycles. The van der Waals surface area contributed by atoms with Gasteiger partial charge in [0, 0.05) is 29.4 Å². The second-order valence-corrected chi connectivity index (χ2v) is 4.18. The Morgan fingerprint density at radius 1 is 1.41 bits per heavy atom. The van der Waals surface area contributed by atoms with E-state index in [-0.39, 0.29) is 6.04 Å². The van der Waals surface area contributed by atoms with Crippen LogP contribution in [0.15, 0.2) is 30.5 Å². The summed E-state index contributed by atoms with van der Waals surface area (Å²) in [6.07, 6.45) is 1.82. The number of nitrogens with zero attached hydrogens (tertiary/aromatic N) is 1. The Balaban J connectivity index is 2.01. The minimum Gasteiger partial charge on any atom is -0.508 e. The topological polar surface area (TPSA) is 60.9 Å². The van der Waals surface area contributed by atoms with Crippen LogP contribution in [0.1, 0.15) is 29.8 Å². The maximum atomic E-state index is 9.73. The number of nitrogens with one attached hydrogen (secondary N) is 2. The number of phenolic OH excluding ortho intramolecular Hbond substituents is 1. The molecule has 2 aromatic rings. The van der Waals surface area contributed by atoms with Gasteiger partial charge in [-0.3, -0.25) is 5.10 Å². The lowest BCUT2D eigenvalue weighted by Gasteiger charge is -2.15. The Morgan fingerprint density at radius 3 is 2.82 bits per heavy atom. The molecule has 3 N–H and O–H groups in total. The van der Waals surface area contributed by atoms with Crippen LogP contribution in [-0.4, -0.2) is 15.3 Å². The van der Waals surface area contributed by atoms with Crippen molar-refractivity contribution in [2.45, 2.75) is 26.4 Å². The van der Waals surface area contributed by atoms with Crippen LogP contribution in [0.4, 0.5) is 0 Å². The third-order valence-electron chi connectivity index (χ3n) is 2.94. The van der Waals surface area contributed by atoms with Crippen molar-refractivity contribution in [2.75, 3.05) is 0 Å². The molecule has 17 heavy (non-hydrogen) atoms. The predicted molar refractivity (Wildman–Crippen MR) is 66.7 cm³/mol. The van der Waals surface area contributed by atoms with Gasteiger partial charge in [-0.15, -0.1) is 0 Å². The largest absolute Gasteiger partial charge is 0.508 e. The van der Waals surface area contributed by atoms with Gasteiger partial charge in [-0.05, 0) is 19.9 Å². The summed E-state index contributed by atoms with van der Waals surface area (Å²) in [6, 6.07) is 7.49. The van der Waals surface area contributed by atoms with E-state index in [9.17, 15) is 5.11 Å². The Kier molecular flexibility index (Phi) is 3.44. The lowest BCUT2D eigenvalue weighted by Crippen LogP contribution is -2.18. The molecule has 4 nitrogen and oxygen atoms in total. The highest BCUT2D eigenvalue weighted by molar-refractivity contribution is 5.34. The second kappa shape index (κ2) is 5.01. The van der Waals surface area contributed by atoms with E-state index in [4.69, 9.17) is 0 Å². The van der Waals surface area contributed by atoms with Crippen LogP contribution in [0.3, 0.4) is 0 Å². The molecule has 1 aromatic carbocycles. The van der Waals surface area contributed by atoms with Crippen LogP contribution in [-0.2, 0) is 6.54 Å². The van der Waals surface area contributed by atoms with E-state index in [1.807, 2.05) is 38.2 Å². The van der Waals surface area contributed by atoms with E-state index in [0.29, 0.717) is 5.75 Å². The fourth-order valence-corrected chi connectivity index (χ4v) is 1.78. The molecule has 0 radical (unpaired) electrons. The zero-order chi connectivity index (χ0) is 12.3. The van der Waals surface area contributed by atoms with Crippen LogP contribution in [0, 0.1) is 6.92 Å². The molecule has 0 saturated carbocycles. The summed E-state index contributed by atoms with van der Waals surface area (Å²) in [6.45, 7) is 4.76. The number of aryl methyl sites for hydroxylation is 1. The first-order valence-electron chi connectivity index (χ1n) is 5.68. The van der Waals surface area contributed by atoms with Crippen molar-refractivity contribution in [3.05, 3.63) is 47.3 Å². The number of aromatic nitrogens is 2. The molecule has 1 atom stereocenters. The van der Waals surface area contributed by atoms with Crippen LogP contribution in [0.2, 0.25) is 0 Å². The number of para-hydroxylation sites is 1. The number of rotatable bonds is 4. The minimum absolute atomic E-state index is 0.102. The standard InChI is InChI=1S/C13H17N3O/c1-9-11(8-15-16-9)7-14-10(2)12-5-3-4-6-13(12)17/h3-6,8,10,14,17H,7H2,1-2H3,(H,15,16). The Morgan fingerprint density at radius 2 is 2.18 bits per heavy atom. The molecule has 0 fully saturated rings. The summed E-state index contributed by atoms with van der Waals surface area (Å²) in [7, 11) is 0. The molecule has 90 valence electrons. The van der Waals surface area contributed by atoms with Gasteiger partial charge in [0.15, 0.2) is 0 Å². The number of aromatic amines is 1. The first kappa shape index (κ1) is 11.7. The summed E-state index contributed by atoms with van der Waals surface area (Å²) in [5.74, 6) is 0.330. The van der Waals surface area contributed by atoms with Crippen molar-refractivity contribution in [3.8, 4) is 5.75 Å². The quantitative estimate of drug-likeness (QED) is 0.756. The van der Waals surface area contributed by atoms with Crippen molar-refractivity contribution in [2.24, 2.45) is 0 Å². The van der Waals surface area contributed by atoms with E-state index in [1.54, 1.807) is 6.07 Å². The lowest BCUT2D eigenvalue weighted by molar-refractivity contribution is 0.452. The third-order valence-corrected chi connectivity index (χ3v) is 2.94. The zero-order valence-corrected chi connectivity index (χ0v) is 10.1. The van der Waals surface area contributed by atoms with E-state index < -0.39 is 0 Å². The molecule has 0 amide bonds. The highest BCUT2D eigenvalue weighted by Crippen LogP contribution is 2.23. The summed E-state index contributed by atoms with van der Waals surface area (Å²) < 4.78 is 0.